The molecule has 0 radical (unpaired) electrons. The van der Waals surface area contributed by atoms with Crippen LogP contribution in [0.1, 0.15) is 12.8 Å². The lowest BCUT2D eigenvalue weighted by Gasteiger charge is -2.30. The van der Waals surface area contributed by atoms with Gasteiger partial charge in [-0.2, -0.15) is 0 Å². The molecule has 1 rings (SSSR count). The van der Waals surface area contributed by atoms with Crippen LogP contribution in [0.25, 0.3) is 0 Å². The smallest absolute Gasteiger partial charge is 0.0570 e. The van der Waals surface area contributed by atoms with Crippen LogP contribution in [0.15, 0.2) is 0 Å². The lowest BCUT2D eigenvalue weighted by molar-refractivity contribution is 0.0656. The molecule has 2 N–H and O–H groups in total. The molecular formula is C5H11NO. The van der Waals surface area contributed by atoms with Gasteiger partial charge in [-0.25, -0.2) is 0 Å². The predicted octanol–water partition coefficient (Wildman–Crippen LogP) is -0.271. The fraction of sp³-hybridized carbons (Fsp3) is 1.00. The van der Waals surface area contributed by atoms with Crippen LogP contribution in [-0.4, -0.2) is 24.3 Å². The number of nitrogens with one attached hydrogen (secondary N) is 1. The van der Waals surface area contributed by atoms with E-state index in [1.165, 1.54) is 0 Å². The Morgan fingerprint density at radius 3 is 2.29 bits per heavy atom. The second-order valence-corrected chi connectivity index (χ2v) is 2.11. The Kier molecular flexibility index (Phi) is 1.30. The van der Waals surface area contributed by atoms with Crippen LogP contribution in [0.3, 0.4) is 0 Å². The second kappa shape index (κ2) is 1.80. The highest BCUT2D eigenvalue weighted by Crippen LogP contribution is 2.18. The zero-order chi connectivity index (χ0) is 5.28. The minimum Gasteiger partial charge on any atom is -0.393 e. The molecule has 42 valence electrons. The van der Waals surface area contributed by atoms with Gasteiger partial charge in [0.15, 0.2) is 0 Å². The molecule has 7 heavy (non-hydrogen) atoms. The fourth-order valence-corrected chi connectivity index (χ4v) is 0.824. The summed E-state index contributed by atoms with van der Waals surface area (Å²) in [6.07, 6.45) is 1.87. The zero-order valence-corrected chi connectivity index (χ0v) is 4.52. The third kappa shape index (κ3) is 0.924. The van der Waals surface area contributed by atoms with Gasteiger partial charge in [0.05, 0.1) is 6.10 Å². The second-order valence-electron chi connectivity index (χ2n) is 2.11. The van der Waals surface area contributed by atoms with E-state index < -0.39 is 0 Å². The van der Waals surface area contributed by atoms with Gasteiger partial charge in [0.1, 0.15) is 0 Å². The quantitative estimate of drug-likeness (QED) is 0.476. The number of rotatable bonds is 1. The van der Waals surface area contributed by atoms with Crippen molar-refractivity contribution in [2.75, 3.05) is 7.05 Å². The van der Waals surface area contributed by atoms with E-state index >= 15 is 0 Å². The average Bonchev–Trinajstić information content (AvgIpc) is 1.58. The van der Waals surface area contributed by atoms with Gasteiger partial charge >= 0.3 is 0 Å². The SMILES string of the molecule is CN[C@H]1C[C@@H](O)C1. The first-order valence-corrected chi connectivity index (χ1v) is 2.68. The molecule has 0 heterocycles. The van der Waals surface area contributed by atoms with Crippen molar-refractivity contribution in [3.05, 3.63) is 0 Å². The topological polar surface area (TPSA) is 32.3 Å². The van der Waals surface area contributed by atoms with Crippen LogP contribution in [0.2, 0.25) is 0 Å². The van der Waals surface area contributed by atoms with E-state index in [1.54, 1.807) is 0 Å². The van der Waals surface area contributed by atoms with Crippen molar-refractivity contribution in [2.45, 2.75) is 25.0 Å². The molecule has 0 aromatic heterocycles. The third-order valence-corrected chi connectivity index (χ3v) is 1.52. The maximum absolute atomic E-state index is 8.71. The maximum atomic E-state index is 8.71. The molecule has 0 unspecified atom stereocenters. The van der Waals surface area contributed by atoms with Crippen LogP contribution < -0.4 is 5.32 Å². The predicted molar refractivity (Wildman–Crippen MR) is 28.1 cm³/mol. The summed E-state index contributed by atoms with van der Waals surface area (Å²) in [6.45, 7) is 0. The normalized spacial score (nSPS) is 40.3. The Labute approximate surface area is 43.5 Å². The largest absolute Gasteiger partial charge is 0.393 e. The Bertz CT molecular complexity index is 59.1. The van der Waals surface area contributed by atoms with Crippen molar-refractivity contribution in [1.82, 2.24) is 5.32 Å². The number of hydrogen-bond acceptors (Lipinski definition) is 2. The molecule has 0 amide bonds. The van der Waals surface area contributed by atoms with Crippen LogP contribution >= 0.6 is 0 Å². The summed E-state index contributed by atoms with van der Waals surface area (Å²) in [5.41, 5.74) is 0. The first-order chi connectivity index (χ1) is 3.33. The number of aliphatic hydroxyl groups is 1. The first kappa shape index (κ1) is 5.06. The summed E-state index contributed by atoms with van der Waals surface area (Å²) >= 11 is 0. The molecule has 2 nitrogen and oxygen atoms in total. The highest BCUT2D eigenvalue weighted by atomic mass is 16.3. The van der Waals surface area contributed by atoms with E-state index in [-0.39, 0.29) is 6.10 Å². The van der Waals surface area contributed by atoms with E-state index in [1.807, 2.05) is 7.05 Å². The van der Waals surface area contributed by atoms with Gasteiger partial charge in [-0.05, 0) is 19.9 Å². The van der Waals surface area contributed by atoms with Gasteiger partial charge in [0.2, 0.25) is 0 Å². The monoisotopic (exact) mass is 101 g/mol. The van der Waals surface area contributed by atoms with Gasteiger partial charge in [0, 0.05) is 6.04 Å². The van der Waals surface area contributed by atoms with Crippen molar-refractivity contribution in [2.24, 2.45) is 0 Å². The van der Waals surface area contributed by atoms with E-state index in [4.69, 9.17) is 5.11 Å². The number of hydrogen-bond donors (Lipinski definition) is 2. The van der Waals surface area contributed by atoms with Crippen LogP contribution in [0.5, 0.6) is 0 Å². The highest BCUT2D eigenvalue weighted by Gasteiger charge is 2.24. The highest BCUT2D eigenvalue weighted by molar-refractivity contribution is 4.82. The summed E-state index contributed by atoms with van der Waals surface area (Å²) in [5.74, 6) is 0. The molecular weight excluding hydrogens is 90.1 g/mol. The van der Waals surface area contributed by atoms with Gasteiger partial charge in [-0.3, -0.25) is 0 Å². The zero-order valence-electron chi connectivity index (χ0n) is 4.52. The summed E-state index contributed by atoms with van der Waals surface area (Å²) in [4.78, 5) is 0. The minimum atomic E-state index is -0.0163. The van der Waals surface area contributed by atoms with Gasteiger partial charge in [-0.1, -0.05) is 0 Å². The van der Waals surface area contributed by atoms with E-state index in [0.717, 1.165) is 12.8 Å². The summed E-state index contributed by atoms with van der Waals surface area (Å²) in [6, 6.07) is 0.593. The van der Waals surface area contributed by atoms with Gasteiger partial charge in [-0.15, -0.1) is 0 Å². The molecule has 0 aromatic rings. The molecule has 1 saturated carbocycles. The van der Waals surface area contributed by atoms with E-state index in [9.17, 15) is 0 Å². The summed E-state index contributed by atoms with van der Waals surface area (Å²) in [7, 11) is 1.93. The molecule has 0 aromatic carbocycles. The van der Waals surface area contributed by atoms with Crippen molar-refractivity contribution >= 4 is 0 Å². The Balaban J connectivity index is 2.06. The third-order valence-electron chi connectivity index (χ3n) is 1.52. The Morgan fingerprint density at radius 2 is 2.14 bits per heavy atom. The molecule has 1 aliphatic rings. The molecule has 1 fully saturated rings. The van der Waals surface area contributed by atoms with Crippen LogP contribution in [0, 0.1) is 0 Å². The summed E-state index contributed by atoms with van der Waals surface area (Å²) in [5, 5.41) is 11.8. The maximum Gasteiger partial charge on any atom is 0.0570 e. The van der Waals surface area contributed by atoms with Gasteiger partial charge in [0.25, 0.3) is 0 Å². The molecule has 1 aliphatic carbocycles. The minimum absolute atomic E-state index is 0.0163. The van der Waals surface area contributed by atoms with Gasteiger partial charge < -0.3 is 10.4 Å². The molecule has 0 atom stereocenters. The summed E-state index contributed by atoms with van der Waals surface area (Å²) < 4.78 is 0. The van der Waals surface area contributed by atoms with Crippen molar-refractivity contribution in [3.63, 3.8) is 0 Å². The molecule has 2 heteroatoms. The molecule has 0 spiro atoms. The Hall–Kier alpha value is -0.0800. The average molecular weight is 101 g/mol. The standard InChI is InChI=1S/C5H11NO/c1-6-4-2-5(7)3-4/h4-7H,2-3H2,1H3/t4-,5+. The lowest BCUT2D eigenvalue weighted by Crippen LogP contribution is -2.42. The van der Waals surface area contributed by atoms with Crippen LogP contribution in [-0.2, 0) is 0 Å². The van der Waals surface area contributed by atoms with E-state index in [0.29, 0.717) is 6.04 Å². The number of aliphatic hydroxyl groups excluding tert-OH is 1. The fourth-order valence-electron chi connectivity index (χ4n) is 0.824. The van der Waals surface area contributed by atoms with Crippen LogP contribution in [0.4, 0.5) is 0 Å². The first-order valence-electron chi connectivity index (χ1n) is 2.68. The van der Waals surface area contributed by atoms with E-state index in [2.05, 4.69) is 5.32 Å². The molecule has 0 saturated heterocycles. The molecule has 0 aliphatic heterocycles. The van der Waals surface area contributed by atoms with Crippen molar-refractivity contribution in [1.29, 1.82) is 0 Å². The Morgan fingerprint density at radius 1 is 1.57 bits per heavy atom. The molecule has 0 bridgehead atoms. The van der Waals surface area contributed by atoms with Crippen molar-refractivity contribution in [3.8, 4) is 0 Å². The lowest BCUT2D eigenvalue weighted by atomic mass is 9.90. The van der Waals surface area contributed by atoms with Crippen molar-refractivity contribution < 1.29 is 5.11 Å².